The zero-order chi connectivity index (χ0) is 19.8. The molecule has 9 nitrogen and oxygen atoms in total. The maximum atomic E-state index is 12.6. The highest BCUT2D eigenvalue weighted by Gasteiger charge is 2.31. The number of rotatable bonds is 6. The van der Waals surface area contributed by atoms with Gasteiger partial charge in [0.05, 0.1) is 0 Å². The van der Waals surface area contributed by atoms with Gasteiger partial charge in [-0.15, -0.1) is 15.3 Å². The van der Waals surface area contributed by atoms with E-state index in [4.69, 9.17) is 5.10 Å². The summed E-state index contributed by atoms with van der Waals surface area (Å²) in [6, 6.07) is 3.94. The van der Waals surface area contributed by atoms with Crippen molar-refractivity contribution in [3.63, 3.8) is 0 Å². The molecule has 4 heterocycles. The molecule has 3 aliphatic rings. The second-order valence-corrected chi connectivity index (χ2v) is 10.3. The Balaban J connectivity index is 1.18. The zero-order valence-electron chi connectivity index (χ0n) is 16.7. The fourth-order valence-electron chi connectivity index (χ4n) is 4.37. The van der Waals surface area contributed by atoms with Crippen molar-refractivity contribution < 1.29 is 8.42 Å². The lowest BCUT2D eigenvalue weighted by atomic mass is 9.85. The van der Waals surface area contributed by atoms with Crippen LogP contribution in [-0.2, 0) is 10.2 Å². The molecule has 0 unspecified atom stereocenters. The fourth-order valence-corrected chi connectivity index (χ4v) is 5.74. The van der Waals surface area contributed by atoms with Crippen molar-refractivity contribution in [1.29, 1.82) is 0 Å². The number of anilines is 1. The number of nitrogens with one attached hydrogen (secondary N) is 1. The van der Waals surface area contributed by atoms with E-state index in [2.05, 4.69) is 19.8 Å². The van der Waals surface area contributed by atoms with Gasteiger partial charge in [0.15, 0.2) is 11.5 Å². The molecule has 1 N–H and O–H groups in total. The highest BCUT2D eigenvalue weighted by molar-refractivity contribution is 7.87. The van der Waals surface area contributed by atoms with E-state index in [1.54, 1.807) is 4.31 Å². The largest absolute Gasteiger partial charge is 0.354 e. The minimum atomic E-state index is -3.36. The van der Waals surface area contributed by atoms with E-state index in [-0.39, 0.29) is 0 Å². The molecule has 0 spiro atoms. The van der Waals surface area contributed by atoms with Gasteiger partial charge in [-0.3, -0.25) is 0 Å². The van der Waals surface area contributed by atoms with Gasteiger partial charge >= 0.3 is 0 Å². The number of fused-ring (bicyclic) bond motifs is 1. The summed E-state index contributed by atoms with van der Waals surface area (Å²) in [4.78, 5) is 2.19. The molecule has 10 heteroatoms. The van der Waals surface area contributed by atoms with Crippen LogP contribution in [0.5, 0.6) is 0 Å². The van der Waals surface area contributed by atoms with Crippen molar-refractivity contribution in [3.8, 4) is 0 Å². The highest BCUT2D eigenvalue weighted by atomic mass is 32.2. The molecular weight excluding hydrogens is 390 g/mol. The predicted octanol–water partition coefficient (Wildman–Crippen LogP) is 1.54. The number of nitrogens with zero attached hydrogens (tertiary/aromatic N) is 6. The number of hydrogen-bond donors (Lipinski definition) is 1. The number of aromatic nitrogens is 4. The Morgan fingerprint density at radius 3 is 2.45 bits per heavy atom. The average Bonchev–Trinajstić information content (AvgIpc) is 2.85. The molecule has 0 amide bonds. The van der Waals surface area contributed by atoms with Crippen molar-refractivity contribution >= 4 is 21.7 Å². The molecule has 0 aromatic carbocycles. The quantitative estimate of drug-likeness (QED) is 0.763. The molecule has 158 valence electrons. The van der Waals surface area contributed by atoms with E-state index in [0.29, 0.717) is 31.5 Å². The molecule has 2 aromatic rings. The van der Waals surface area contributed by atoms with Crippen LogP contribution in [-0.4, -0.2) is 65.3 Å². The third kappa shape index (κ3) is 3.85. The first-order valence-corrected chi connectivity index (χ1v) is 12.3. The lowest BCUT2D eigenvalue weighted by Crippen LogP contribution is -2.53. The number of hydrogen-bond acceptors (Lipinski definition) is 6. The lowest BCUT2D eigenvalue weighted by Gasteiger charge is -2.40. The van der Waals surface area contributed by atoms with Crippen LogP contribution in [0.1, 0.15) is 56.7 Å². The SMILES string of the molecule is O=S(=O)(NCC1CN(c2ccc3nnc(C4CCC4)n3n2)C1)N1CCCCCC1. The Labute approximate surface area is 171 Å². The van der Waals surface area contributed by atoms with Crippen LogP contribution in [0.2, 0.25) is 0 Å². The van der Waals surface area contributed by atoms with Crippen molar-refractivity contribution in [3.05, 3.63) is 18.0 Å². The van der Waals surface area contributed by atoms with Crippen molar-refractivity contribution in [2.45, 2.75) is 50.9 Å². The molecule has 2 aromatic heterocycles. The summed E-state index contributed by atoms with van der Waals surface area (Å²) in [6.07, 6.45) is 7.73. The summed E-state index contributed by atoms with van der Waals surface area (Å²) >= 11 is 0. The van der Waals surface area contributed by atoms with E-state index >= 15 is 0 Å². The van der Waals surface area contributed by atoms with Gasteiger partial charge in [-0.25, -0.2) is 4.72 Å². The first-order valence-electron chi connectivity index (χ1n) is 10.8. The first-order chi connectivity index (χ1) is 14.1. The van der Waals surface area contributed by atoms with Crippen LogP contribution < -0.4 is 9.62 Å². The van der Waals surface area contributed by atoms with Gasteiger partial charge in [0.25, 0.3) is 10.2 Å². The monoisotopic (exact) mass is 419 g/mol. The molecule has 1 saturated carbocycles. The van der Waals surface area contributed by atoms with Crippen molar-refractivity contribution in [2.24, 2.45) is 5.92 Å². The van der Waals surface area contributed by atoms with Crippen LogP contribution in [0.25, 0.3) is 5.65 Å². The fraction of sp³-hybridized carbons (Fsp3) is 0.737. The van der Waals surface area contributed by atoms with Crippen molar-refractivity contribution in [1.82, 2.24) is 28.8 Å². The average molecular weight is 420 g/mol. The molecule has 1 aliphatic carbocycles. The molecular formula is C19H29N7O2S. The summed E-state index contributed by atoms with van der Waals surface area (Å²) in [5, 5.41) is 13.3. The molecule has 2 aliphatic heterocycles. The van der Waals surface area contributed by atoms with Gasteiger partial charge in [0, 0.05) is 44.6 Å². The second kappa shape index (κ2) is 7.81. The Kier molecular flexibility index (Phi) is 5.17. The highest BCUT2D eigenvalue weighted by Crippen LogP contribution is 2.35. The normalized spacial score (nSPS) is 22.4. The van der Waals surface area contributed by atoms with Crippen molar-refractivity contribution in [2.75, 3.05) is 37.6 Å². The van der Waals surface area contributed by atoms with Gasteiger partial charge in [-0.05, 0) is 37.8 Å². The maximum absolute atomic E-state index is 12.6. The molecule has 0 radical (unpaired) electrons. The van der Waals surface area contributed by atoms with Crippen LogP contribution in [0.4, 0.5) is 5.82 Å². The van der Waals surface area contributed by atoms with E-state index in [1.165, 1.54) is 6.42 Å². The topological polar surface area (TPSA) is 95.7 Å². The van der Waals surface area contributed by atoms with Gasteiger partial charge in [-0.2, -0.15) is 17.2 Å². The smallest absolute Gasteiger partial charge is 0.279 e. The summed E-state index contributed by atoms with van der Waals surface area (Å²) in [5.41, 5.74) is 0.790. The molecule has 0 atom stereocenters. The Morgan fingerprint density at radius 1 is 1.00 bits per heavy atom. The van der Waals surface area contributed by atoms with Gasteiger partial charge < -0.3 is 4.90 Å². The third-order valence-electron chi connectivity index (χ3n) is 6.48. The predicted molar refractivity (Wildman–Crippen MR) is 110 cm³/mol. The zero-order valence-corrected chi connectivity index (χ0v) is 17.5. The first kappa shape index (κ1) is 19.2. The summed E-state index contributed by atoms with van der Waals surface area (Å²) < 4.78 is 31.4. The summed E-state index contributed by atoms with van der Waals surface area (Å²) in [6.45, 7) is 3.37. The molecule has 3 fully saturated rings. The van der Waals surface area contributed by atoms with E-state index < -0.39 is 10.2 Å². The van der Waals surface area contributed by atoms with Gasteiger partial charge in [-0.1, -0.05) is 19.3 Å². The molecule has 0 bridgehead atoms. The van der Waals surface area contributed by atoms with Crippen LogP contribution >= 0.6 is 0 Å². The Hall–Kier alpha value is -1.78. The standard InChI is InChI=1S/C19H29N7O2S/c27-29(28,25-10-3-1-2-4-11-25)20-12-15-13-24(14-15)18-9-8-17-21-22-19(26(17)23-18)16-6-5-7-16/h8-9,15-16,20H,1-7,10-14H2. The summed E-state index contributed by atoms with van der Waals surface area (Å²) in [7, 11) is -3.36. The third-order valence-corrected chi connectivity index (χ3v) is 8.06. The van der Waals surface area contributed by atoms with E-state index in [0.717, 1.165) is 68.9 Å². The van der Waals surface area contributed by atoms with Gasteiger partial charge in [0.2, 0.25) is 0 Å². The van der Waals surface area contributed by atoms with E-state index in [9.17, 15) is 8.42 Å². The minimum absolute atomic E-state index is 0.307. The van der Waals surface area contributed by atoms with Crippen LogP contribution in [0.3, 0.4) is 0 Å². The van der Waals surface area contributed by atoms with E-state index in [1.807, 2.05) is 16.6 Å². The molecule has 29 heavy (non-hydrogen) atoms. The molecule has 2 saturated heterocycles. The Morgan fingerprint density at radius 2 is 1.76 bits per heavy atom. The maximum Gasteiger partial charge on any atom is 0.279 e. The minimum Gasteiger partial charge on any atom is -0.354 e. The summed E-state index contributed by atoms with van der Waals surface area (Å²) in [5.74, 6) is 2.66. The lowest BCUT2D eigenvalue weighted by molar-refractivity contribution is 0.378. The van der Waals surface area contributed by atoms with Gasteiger partial charge in [0.1, 0.15) is 5.82 Å². The van der Waals surface area contributed by atoms with Crippen LogP contribution in [0, 0.1) is 5.92 Å². The second-order valence-electron chi connectivity index (χ2n) is 8.59. The van der Waals surface area contributed by atoms with Crippen LogP contribution in [0.15, 0.2) is 12.1 Å². The Bertz CT molecular complexity index is 958. The molecule has 5 rings (SSSR count).